The van der Waals surface area contributed by atoms with Gasteiger partial charge in [-0.15, -0.1) is 11.3 Å². The van der Waals surface area contributed by atoms with Gasteiger partial charge < -0.3 is 0 Å². The summed E-state index contributed by atoms with van der Waals surface area (Å²) in [4.78, 5) is 13.1. The SMILES string of the molecule is CCc1ccccc1N(CC(=O)N/N=C\c1sccc1C)S(C)(=O)=O. The lowest BCUT2D eigenvalue weighted by atomic mass is 10.1. The fourth-order valence-corrected chi connectivity index (χ4v) is 3.95. The molecule has 0 saturated carbocycles. The second-order valence-electron chi connectivity index (χ2n) is 5.51. The van der Waals surface area contributed by atoms with Gasteiger partial charge >= 0.3 is 0 Å². The molecule has 1 heterocycles. The van der Waals surface area contributed by atoms with Crippen LogP contribution in [0.1, 0.15) is 22.9 Å². The van der Waals surface area contributed by atoms with Crippen LogP contribution in [0.25, 0.3) is 0 Å². The number of hydrogen-bond donors (Lipinski definition) is 1. The van der Waals surface area contributed by atoms with Crippen LogP contribution in [0.15, 0.2) is 40.8 Å². The molecule has 1 amide bonds. The molecular weight excluding hydrogens is 358 g/mol. The Hall–Kier alpha value is -2.19. The van der Waals surface area contributed by atoms with E-state index in [0.29, 0.717) is 12.1 Å². The summed E-state index contributed by atoms with van der Waals surface area (Å²) in [6, 6.07) is 9.11. The first kappa shape index (κ1) is 19.1. The van der Waals surface area contributed by atoms with Gasteiger partial charge in [-0.2, -0.15) is 5.10 Å². The van der Waals surface area contributed by atoms with Crippen molar-refractivity contribution in [3.8, 4) is 0 Å². The molecule has 2 rings (SSSR count). The van der Waals surface area contributed by atoms with Crippen molar-refractivity contribution in [3.63, 3.8) is 0 Å². The summed E-state index contributed by atoms with van der Waals surface area (Å²) < 4.78 is 25.4. The number of amides is 1. The first-order valence-corrected chi connectivity index (χ1v) is 10.5. The Bertz CT molecular complexity index is 873. The van der Waals surface area contributed by atoms with E-state index in [0.717, 1.165) is 26.6 Å². The number of para-hydroxylation sites is 1. The van der Waals surface area contributed by atoms with E-state index in [9.17, 15) is 13.2 Å². The molecule has 8 heteroatoms. The van der Waals surface area contributed by atoms with Gasteiger partial charge in [0, 0.05) is 4.88 Å². The Morgan fingerprint density at radius 2 is 2.04 bits per heavy atom. The third-order valence-electron chi connectivity index (χ3n) is 3.60. The second-order valence-corrected chi connectivity index (χ2v) is 8.37. The molecule has 0 aliphatic rings. The number of rotatable bonds is 7. The number of carbonyl (C=O) groups excluding carboxylic acids is 1. The van der Waals surface area contributed by atoms with Gasteiger partial charge in [0.05, 0.1) is 18.2 Å². The van der Waals surface area contributed by atoms with Crippen molar-refractivity contribution in [3.05, 3.63) is 51.7 Å². The Morgan fingerprint density at radius 1 is 1.32 bits per heavy atom. The molecule has 0 saturated heterocycles. The Morgan fingerprint density at radius 3 is 2.64 bits per heavy atom. The highest BCUT2D eigenvalue weighted by molar-refractivity contribution is 7.92. The maximum absolute atomic E-state index is 12.2. The van der Waals surface area contributed by atoms with E-state index in [1.165, 1.54) is 11.3 Å². The fourth-order valence-electron chi connectivity index (χ4n) is 2.28. The van der Waals surface area contributed by atoms with E-state index in [2.05, 4.69) is 10.5 Å². The molecule has 25 heavy (non-hydrogen) atoms. The van der Waals surface area contributed by atoms with Crippen LogP contribution in [-0.4, -0.2) is 33.3 Å². The summed E-state index contributed by atoms with van der Waals surface area (Å²) in [7, 11) is -3.60. The smallest absolute Gasteiger partial charge is 0.260 e. The van der Waals surface area contributed by atoms with Gasteiger partial charge in [-0.05, 0) is 42.0 Å². The molecule has 0 bridgehead atoms. The average Bonchev–Trinajstić information content (AvgIpc) is 2.97. The molecule has 1 aromatic heterocycles. The number of anilines is 1. The van der Waals surface area contributed by atoms with Crippen LogP contribution in [0.2, 0.25) is 0 Å². The minimum atomic E-state index is -3.60. The van der Waals surface area contributed by atoms with Crippen molar-refractivity contribution >= 4 is 39.2 Å². The predicted octanol–water partition coefficient (Wildman–Crippen LogP) is 2.54. The van der Waals surface area contributed by atoms with Crippen LogP contribution < -0.4 is 9.73 Å². The van der Waals surface area contributed by atoms with Crippen molar-refractivity contribution in [2.75, 3.05) is 17.1 Å². The number of aryl methyl sites for hydroxylation is 2. The molecule has 0 radical (unpaired) electrons. The molecule has 0 atom stereocenters. The molecule has 0 fully saturated rings. The van der Waals surface area contributed by atoms with E-state index in [-0.39, 0.29) is 6.54 Å². The molecule has 0 spiro atoms. The van der Waals surface area contributed by atoms with Gasteiger partial charge in [0.2, 0.25) is 10.0 Å². The zero-order chi connectivity index (χ0) is 18.4. The number of thiophene rings is 1. The summed E-state index contributed by atoms with van der Waals surface area (Å²) in [5.41, 5.74) is 4.83. The van der Waals surface area contributed by atoms with E-state index in [4.69, 9.17) is 0 Å². The lowest BCUT2D eigenvalue weighted by Gasteiger charge is -2.23. The lowest BCUT2D eigenvalue weighted by Crippen LogP contribution is -2.39. The normalized spacial score (nSPS) is 11.6. The number of sulfonamides is 1. The number of nitrogens with zero attached hydrogens (tertiary/aromatic N) is 2. The van der Waals surface area contributed by atoms with Gasteiger partial charge in [0.25, 0.3) is 5.91 Å². The summed E-state index contributed by atoms with van der Waals surface area (Å²) in [6.07, 6.45) is 3.31. The minimum absolute atomic E-state index is 0.323. The average molecular weight is 380 g/mol. The van der Waals surface area contributed by atoms with Crippen molar-refractivity contribution in [2.45, 2.75) is 20.3 Å². The second kappa shape index (κ2) is 8.26. The molecule has 1 N–H and O–H groups in total. The molecule has 0 unspecified atom stereocenters. The molecule has 1 aromatic carbocycles. The molecule has 2 aromatic rings. The largest absolute Gasteiger partial charge is 0.271 e. The van der Waals surface area contributed by atoms with Crippen LogP contribution >= 0.6 is 11.3 Å². The number of carbonyl (C=O) groups is 1. The van der Waals surface area contributed by atoms with Gasteiger partial charge in [-0.1, -0.05) is 25.1 Å². The van der Waals surface area contributed by atoms with E-state index in [1.807, 2.05) is 37.4 Å². The zero-order valence-electron chi connectivity index (χ0n) is 14.4. The molecule has 6 nitrogen and oxygen atoms in total. The Kier molecular flexibility index (Phi) is 6.33. The van der Waals surface area contributed by atoms with Crippen molar-refractivity contribution < 1.29 is 13.2 Å². The first-order chi connectivity index (χ1) is 11.8. The maximum Gasteiger partial charge on any atom is 0.260 e. The fraction of sp³-hybridized carbons (Fsp3) is 0.294. The third kappa shape index (κ3) is 5.14. The molecule has 134 valence electrons. The highest BCUT2D eigenvalue weighted by Gasteiger charge is 2.22. The quantitative estimate of drug-likeness (QED) is 0.593. The maximum atomic E-state index is 12.2. The summed E-state index contributed by atoms with van der Waals surface area (Å²) in [5.74, 6) is -0.498. The first-order valence-electron chi connectivity index (χ1n) is 7.74. The molecule has 0 aliphatic carbocycles. The highest BCUT2D eigenvalue weighted by Crippen LogP contribution is 2.23. The minimum Gasteiger partial charge on any atom is -0.271 e. The van der Waals surface area contributed by atoms with Gasteiger partial charge in [-0.25, -0.2) is 13.8 Å². The number of benzene rings is 1. The van der Waals surface area contributed by atoms with Gasteiger partial charge in [0.1, 0.15) is 6.54 Å². The molecular formula is C17H21N3O3S2. The number of hydrogen-bond acceptors (Lipinski definition) is 5. The van der Waals surface area contributed by atoms with Crippen LogP contribution in [0.3, 0.4) is 0 Å². The zero-order valence-corrected chi connectivity index (χ0v) is 16.0. The van der Waals surface area contributed by atoms with Crippen LogP contribution in [0.5, 0.6) is 0 Å². The predicted molar refractivity (Wildman–Crippen MR) is 103 cm³/mol. The monoisotopic (exact) mass is 379 g/mol. The summed E-state index contributed by atoms with van der Waals surface area (Å²) in [6.45, 7) is 3.57. The van der Waals surface area contributed by atoms with E-state index in [1.54, 1.807) is 18.3 Å². The van der Waals surface area contributed by atoms with Crippen molar-refractivity contribution in [1.29, 1.82) is 0 Å². The highest BCUT2D eigenvalue weighted by atomic mass is 32.2. The molecule has 0 aliphatic heterocycles. The number of hydrazone groups is 1. The number of nitrogens with one attached hydrogen (secondary N) is 1. The summed E-state index contributed by atoms with van der Waals surface area (Å²) >= 11 is 1.51. The van der Waals surface area contributed by atoms with Gasteiger partial charge in [-0.3, -0.25) is 9.10 Å². The lowest BCUT2D eigenvalue weighted by molar-refractivity contribution is -0.119. The summed E-state index contributed by atoms with van der Waals surface area (Å²) in [5, 5.41) is 5.85. The van der Waals surface area contributed by atoms with Crippen molar-refractivity contribution in [2.24, 2.45) is 5.10 Å². The van der Waals surface area contributed by atoms with Crippen LogP contribution in [0.4, 0.5) is 5.69 Å². The van der Waals surface area contributed by atoms with Gasteiger partial charge in [0.15, 0.2) is 0 Å². The Labute approximate surface area is 152 Å². The standard InChI is InChI=1S/C17H21N3O3S2/c1-4-14-7-5-6-8-15(14)20(25(3,22)23)12-17(21)19-18-11-16-13(2)9-10-24-16/h5-11H,4,12H2,1-3H3,(H,19,21)/b18-11-. The van der Waals surface area contributed by atoms with Crippen LogP contribution in [-0.2, 0) is 21.2 Å². The Balaban J connectivity index is 2.14. The van der Waals surface area contributed by atoms with E-state index >= 15 is 0 Å². The van der Waals surface area contributed by atoms with Crippen molar-refractivity contribution in [1.82, 2.24) is 5.43 Å². The van der Waals surface area contributed by atoms with Crippen LogP contribution in [0, 0.1) is 6.92 Å². The topological polar surface area (TPSA) is 78.8 Å². The van der Waals surface area contributed by atoms with E-state index < -0.39 is 15.9 Å². The third-order valence-corrected chi connectivity index (χ3v) is 5.68.